The number of hydrogen-bond acceptors (Lipinski definition) is 3. The van der Waals surface area contributed by atoms with E-state index in [4.69, 9.17) is 0 Å². The van der Waals surface area contributed by atoms with E-state index in [0.29, 0.717) is 6.42 Å². The molecule has 1 amide bonds. The molecule has 1 atom stereocenters. The maximum absolute atomic E-state index is 13.1. The third-order valence-electron chi connectivity index (χ3n) is 3.06. The van der Waals surface area contributed by atoms with Crippen molar-refractivity contribution in [1.82, 2.24) is 15.1 Å². The molecule has 1 heterocycles. The quantitative estimate of drug-likeness (QED) is 0.853. The van der Waals surface area contributed by atoms with Gasteiger partial charge in [-0.3, -0.25) is 9.48 Å². The fourth-order valence-electron chi connectivity index (χ4n) is 2.10. The van der Waals surface area contributed by atoms with Crippen LogP contribution in [0.4, 0.5) is 10.1 Å². The van der Waals surface area contributed by atoms with E-state index in [1.807, 2.05) is 13.0 Å². The second-order valence-electron chi connectivity index (χ2n) is 4.98. The molecule has 0 aliphatic carbocycles. The highest BCUT2D eigenvalue weighted by molar-refractivity contribution is 5.75. The monoisotopic (exact) mass is 290 g/mol. The number of benzene rings is 1. The summed E-state index contributed by atoms with van der Waals surface area (Å²) >= 11 is 0. The Morgan fingerprint density at radius 2 is 2.29 bits per heavy atom. The van der Waals surface area contributed by atoms with Gasteiger partial charge in [-0.1, -0.05) is 12.1 Å². The summed E-state index contributed by atoms with van der Waals surface area (Å²) in [5.74, 6) is -0.324. The van der Waals surface area contributed by atoms with Crippen molar-refractivity contribution in [3.8, 4) is 0 Å². The maximum atomic E-state index is 13.1. The molecule has 0 saturated heterocycles. The van der Waals surface area contributed by atoms with E-state index < -0.39 is 0 Å². The summed E-state index contributed by atoms with van der Waals surface area (Å²) in [7, 11) is 1.59. The normalized spacial score (nSPS) is 12.0. The molecular weight excluding hydrogens is 271 g/mol. The van der Waals surface area contributed by atoms with Crippen LogP contribution >= 0.6 is 0 Å². The Morgan fingerprint density at radius 3 is 3.00 bits per heavy atom. The lowest BCUT2D eigenvalue weighted by atomic mass is 10.1. The molecule has 1 aromatic heterocycles. The van der Waals surface area contributed by atoms with Gasteiger partial charge in [0.05, 0.1) is 11.9 Å². The van der Waals surface area contributed by atoms with Crippen molar-refractivity contribution in [1.29, 1.82) is 0 Å². The standard InChI is InChI=1S/C15H19FN4O/c1-11(6-12-4-3-5-13(16)7-12)19-14-8-18-20(9-14)10-15(21)17-2/h3-5,7-9,11,19H,6,10H2,1-2H3,(H,17,21). The average molecular weight is 290 g/mol. The van der Waals surface area contributed by atoms with Crippen molar-refractivity contribution in [2.45, 2.75) is 25.9 Å². The number of aromatic nitrogens is 2. The van der Waals surface area contributed by atoms with Gasteiger partial charge >= 0.3 is 0 Å². The van der Waals surface area contributed by atoms with Crippen molar-refractivity contribution in [3.63, 3.8) is 0 Å². The zero-order valence-corrected chi connectivity index (χ0v) is 12.1. The van der Waals surface area contributed by atoms with Crippen molar-refractivity contribution in [3.05, 3.63) is 48.0 Å². The number of carbonyl (C=O) groups excluding carboxylic acids is 1. The van der Waals surface area contributed by atoms with Gasteiger partial charge in [0.2, 0.25) is 5.91 Å². The first-order valence-corrected chi connectivity index (χ1v) is 6.81. The third-order valence-corrected chi connectivity index (χ3v) is 3.06. The molecule has 2 N–H and O–H groups in total. The summed E-state index contributed by atoms with van der Waals surface area (Å²) < 4.78 is 14.7. The largest absolute Gasteiger partial charge is 0.380 e. The predicted octanol–water partition coefficient (Wildman–Crippen LogP) is 1.81. The van der Waals surface area contributed by atoms with E-state index in [9.17, 15) is 9.18 Å². The summed E-state index contributed by atoms with van der Waals surface area (Å²) in [5, 5.41) is 9.94. The second-order valence-corrected chi connectivity index (χ2v) is 4.98. The van der Waals surface area contributed by atoms with E-state index >= 15 is 0 Å². The van der Waals surface area contributed by atoms with Gasteiger partial charge in [0.1, 0.15) is 12.4 Å². The Kier molecular flexibility index (Phi) is 4.92. The average Bonchev–Trinajstić information content (AvgIpc) is 2.85. The van der Waals surface area contributed by atoms with Crippen molar-refractivity contribution >= 4 is 11.6 Å². The molecule has 5 nitrogen and oxygen atoms in total. The van der Waals surface area contributed by atoms with Crippen LogP contribution in [0.25, 0.3) is 0 Å². The molecule has 2 rings (SSSR count). The Labute approximate surface area is 123 Å². The number of nitrogens with zero attached hydrogens (tertiary/aromatic N) is 2. The van der Waals surface area contributed by atoms with Crippen LogP contribution in [0.5, 0.6) is 0 Å². The molecule has 21 heavy (non-hydrogen) atoms. The van der Waals surface area contributed by atoms with Gasteiger partial charge in [-0.15, -0.1) is 0 Å². The Hall–Kier alpha value is -2.37. The number of amides is 1. The number of rotatable bonds is 6. The van der Waals surface area contributed by atoms with Crippen molar-refractivity contribution < 1.29 is 9.18 Å². The number of carbonyl (C=O) groups is 1. The van der Waals surface area contributed by atoms with Gasteiger partial charge in [0.25, 0.3) is 0 Å². The van der Waals surface area contributed by atoms with Crippen LogP contribution in [0.15, 0.2) is 36.7 Å². The fraction of sp³-hybridized carbons (Fsp3) is 0.333. The summed E-state index contributed by atoms with van der Waals surface area (Å²) in [4.78, 5) is 11.3. The summed E-state index contributed by atoms with van der Waals surface area (Å²) in [6.07, 6.45) is 4.15. The third kappa shape index (κ3) is 4.59. The van der Waals surface area contributed by atoms with Crippen molar-refractivity contribution in [2.24, 2.45) is 0 Å². The van der Waals surface area contributed by atoms with E-state index in [1.54, 1.807) is 30.2 Å². The van der Waals surface area contributed by atoms with Crippen LogP contribution in [-0.4, -0.2) is 28.8 Å². The molecule has 1 aromatic carbocycles. The molecular formula is C15H19FN4O. The highest BCUT2D eigenvalue weighted by Crippen LogP contribution is 2.11. The molecule has 0 radical (unpaired) electrons. The Balaban J connectivity index is 1.90. The molecule has 0 bridgehead atoms. The Morgan fingerprint density at radius 1 is 1.48 bits per heavy atom. The number of hydrogen-bond donors (Lipinski definition) is 2. The zero-order chi connectivity index (χ0) is 15.2. The molecule has 0 aliphatic rings. The van der Waals surface area contributed by atoms with E-state index in [0.717, 1.165) is 11.3 Å². The van der Waals surface area contributed by atoms with Crippen LogP contribution in [0.3, 0.4) is 0 Å². The van der Waals surface area contributed by atoms with Crippen LogP contribution in [0.1, 0.15) is 12.5 Å². The minimum absolute atomic E-state index is 0.0996. The minimum atomic E-state index is -0.224. The first kappa shape index (κ1) is 15.0. The lowest BCUT2D eigenvalue weighted by Gasteiger charge is -2.13. The van der Waals surface area contributed by atoms with Gasteiger partial charge < -0.3 is 10.6 Å². The van der Waals surface area contributed by atoms with E-state index in [1.165, 1.54) is 12.1 Å². The molecule has 0 spiro atoms. The molecule has 112 valence electrons. The highest BCUT2D eigenvalue weighted by atomic mass is 19.1. The molecule has 2 aromatic rings. The number of anilines is 1. The van der Waals surface area contributed by atoms with Crippen LogP contribution < -0.4 is 10.6 Å². The number of likely N-dealkylation sites (N-methyl/N-ethyl adjacent to an activating group) is 1. The van der Waals surface area contributed by atoms with E-state index in [-0.39, 0.29) is 24.3 Å². The van der Waals surface area contributed by atoms with Gasteiger partial charge in [0.15, 0.2) is 0 Å². The summed E-state index contributed by atoms with van der Waals surface area (Å²) in [6.45, 7) is 2.21. The van der Waals surface area contributed by atoms with Crippen molar-refractivity contribution in [2.75, 3.05) is 12.4 Å². The van der Waals surface area contributed by atoms with E-state index in [2.05, 4.69) is 15.7 Å². The van der Waals surface area contributed by atoms with Gasteiger partial charge in [-0.25, -0.2) is 4.39 Å². The van der Waals surface area contributed by atoms with Crippen LogP contribution in [-0.2, 0) is 17.8 Å². The molecule has 0 saturated carbocycles. The van der Waals surface area contributed by atoms with Gasteiger partial charge in [0, 0.05) is 19.3 Å². The van der Waals surface area contributed by atoms with Crippen LogP contribution in [0.2, 0.25) is 0 Å². The molecule has 0 fully saturated rings. The predicted molar refractivity (Wildman–Crippen MR) is 79.5 cm³/mol. The first-order chi connectivity index (χ1) is 10.1. The maximum Gasteiger partial charge on any atom is 0.241 e. The first-order valence-electron chi connectivity index (χ1n) is 6.81. The molecule has 1 unspecified atom stereocenters. The number of halogens is 1. The lowest BCUT2D eigenvalue weighted by molar-refractivity contribution is -0.121. The van der Waals surface area contributed by atoms with Gasteiger partial charge in [-0.2, -0.15) is 5.10 Å². The van der Waals surface area contributed by atoms with Crippen LogP contribution in [0, 0.1) is 5.82 Å². The lowest BCUT2D eigenvalue weighted by Crippen LogP contribution is -2.23. The SMILES string of the molecule is CNC(=O)Cn1cc(NC(C)Cc2cccc(F)c2)cn1. The molecule has 0 aliphatic heterocycles. The zero-order valence-electron chi connectivity index (χ0n) is 12.1. The Bertz CT molecular complexity index is 611. The van der Waals surface area contributed by atoms with Gasteiger partial charge in [-0.05, 0) is 31.0 Å². The summed E-state index contributed by atoms with van der Waals surface area (Å²) in [5.41, 5.74) is 1.77. The summed E-state index contributed by atoms with van der Waals surface area (Å²) in [6, 6.07) is 6.71. The number of nitrogens with one attached hydrogen (secondary N) is 2. The second kappa shape index (κ2) is 6.88. The molecule has 6 heteroatoms. The smallest absolute Gasteiger partial charge is 0.241 e. The topological polar surface area (TPSA) is 59.0 Å². The fourth-order valence-corrected chi connectivity index (χ4v) is 2.10. The minimum Gasteiger partial charge on any atom is -0.380 e. The highest BCUT2D eigenvalue weighted by Gasteiger charge is 2.07.